The number of rotatable bonds is 10. The standard InChI is InChI=1S/C28H31N3O4S2/c1-2-35-24(32)17-22-18-36-28(30-22)31-27(34)25(19-9-5-3-6-10-19)37-23-15-13-21(14-16-23)29-26(33)20-11-7-4-8-12-20/h3,5-6,9-10,13-16,18,20,25H,2,4,7-8,11-12,17H2,1H3,(H,29,33)(H,30,31,34). The second-order valence-corrected chi connectivity index (χ2v) is 10.9. The summed E-state index contributed by atoms with van der Waals surface area (Å²) in [6.45, 7) is 2.07. The summed E-state index contributed by atoms with van der Waals surface area (Å²) in [6.07, 6.45) is 5.42. The number of nitrogens with zero attached hydrogens (tertiary/aromatic N) is 1. The van der Waals surface area contributed by atoms with Gasteiger partial charge in [0.15, 0.2) is 5.13 Å². The maximum Gasteiger partial charge on any atom is 0.311 e. The summed E-state index contributed by atoms with van der Waals surface area (Å²) >= 11 is 2.70. The molecule has 1 aromatic heterocycles. The quantitative estimate of drug-likeness (QED) is 0.235. The predicted molar refractivity (Wildman–Crippen MR) is 148 cm³/mol. The molecule has 1 atom stereocenters. The number of amides is 2. The monoisotopic (exact) mass is 537 g/mol. The van der Waals surface area contributed by atoms with E-state index < -0.39 is 5.25 Å². The van der Waals surface area contributed by atoms with Crippen LogP contribution in [0.15, 0.2) is 64.9 Å². The predicted octanol–water partition coefficient (Wildman–Crippen LogP) is 6.24. The highest BCUT2D eigenvalue weighted by Gasteiger charge is 2.24. The molecule has 1 aliphatic rings. The molecule has 1 aliphatic carbocycles. The van der Waals surface area contributed by atoms with E-state index in [9.17, 15) is 14.4 Å². The molecule has 7 nitrogen and oxygen atoms in total. The molecular formula is C28H31N3O4S2. The second kappa shape index (κ2) is 13.4. The van der Waals surface area contributed by atoms with Crippen LogP contribution in [0.4, 0.5) is 10.8 Å². The number of hydrogen-bond acceptors (Lipinski definition) is 7. The number of hydrogen-bond donors (Lipinski definition) is 2. The Kier molecular flexibility index (Phi) is 9.73. The van der Waals surface area contributed by atoms with E-state index in [0.29, 0.717) is 17.4 Å². The van der Waals surface area contributed by atoms with Crippen LogP contribution < -0.4 is 10.6 Å². The van der Waals surface area contributed by atoms with Crippen LogP contribution in [0.25, 0.3) is 0 Å². The lowest BCUT2D eigenvalue weighted by Crippen LogP contribution is -2.24. The minimum atomic E-state index is -0.513. The summed E-state index contributed by atoms with van der Waals surface area (Å²) in [5.74, 6) is -0.366. The minimum absolute atomic E-state index is 0.0701. The van der Waals surface area contributed by atoms with Gasteiger partial charge in [-0.25, -0.2) is 4.98 Å². The minimum Gasteiger partial charge on any atom is -0.466 e. The molecule has 2 N–H and O–H groups in total. The van der Waals surface area contributed by atoms with Crippen molar-refractivity contribution in [3.63, 3.8) is 0 Å². The van der Waals surface area contributed by atoms with Gasteiger partial charge in [-0.3, -0.25) is 14.4 Å². The molecule has 2 amide bonds. The Labute approximate surface area is 225 Å². The molecule has 3 aromatic rings. The summed E-state index contributed by atoms with van der Waals surface area (Å²) in [7, 11) is 0. The molecule has 194 valence electrons. The fourth-order valence-electron chi connectivity index (χ4n) is 4.24. The highest BCUT2D eigenvalue weighted by molar-refractivity contribution is 8.00. The first kappa shape index (κ1) is 26.9. The van der Waals surface area contributed by atoms with Gasteiger partial charge in [0.05, 0.1) is 18.7 Å². The molecule has 37 heavy (non-hydrogen) atoms. The van der Waals surface area contributed by atoms with Gasteiger partial charge < -0.3 is 15.4 Å². The molecule has 0 aliphatic heterocycles. The average molecular weight is 538 g/mol. The zero-order chi connectivity index (χ0) is 26.0. The molecule has 1 fully saturated rings. The van der Waals surface area contributed by atoms with Crippen LogP contribution in [0.1, 0.15) is 55.5 Å². The largest absolute Gasteiger partial charge is 0.466 e. The lowest BCUT2D eigenvalue weighted by molar-refractivity contribution is -0.142. The molecule has 0 radical (unpaired) electrons. The van der Waals surface area contributed by atoms with Crippen LogP contribution in [0.2, 0.25) is 0 Å². The number of benzene rings is 2. The van der Waals surface area contributed by atoms with Gasteiger partial charge in [0, 0.05) is 21.9 Å². The smallest absolute Gasteiger partial charge is 0.311 e. The van der Waals surface area contributed by atoms with Crippen molar-refractivity contribution in [3.8, 4) is 0 Å². The normalized spacial score (nSPS) is 14.5. The molecule has 1 heterocycles. The van der Waals surface area contributed by atoms with Crippen molar-refractivity contribution in [2.75, 3.05) is 17.2 Å². The molecule has 0 bridgehead atoms. The van der Waals surface area contributed by atoms with Crippen LogP contribution in [-0.4, -0.2) is 29.4 Å². The Bertz CT molecular complexity index is 1190. The van der Waals surface area contributed by atoms with E-state index in [4.69, 9.17) is 4.74 Å². The third-order valence-electron chi connectivity index (χ3n) is 6.10. The number of carbonyl (C=O) groups is 3. The third-order valence-corrected chi connectivity index (χ3v) is 8.18. The fourth-order valence-corrected chi connectivity index (χ4v) is 5.98. The maximum absolute atomic E-state index is 13.3. The first-order valence-corrected chi connectivity index (χ1v) is 14.3. The van der Waals surface area contributed by atoms with E-state index >= 15 is 0 Å². The molecule has 9 heteroatoms. The topological polar surface area (TPSA) is 97.4 Å². The van der Waals surface area contributed by atoms with Gasteiger partial charge in [-0.05, 0) is 49.6 Å². The number of aromatic nitrogens is 1. The summed E-state index contributed by atoms with van der Waals surface area (Å²) < 4.78 is 4.97. The van der Waals surface area contributed by atoms with Crippen molar-refractivity contribution >= 4 is 51.7 Å². The lowest BCUT2D eigenvalue weighted by atomic mass is 9.88. The van der Waals surface area contributed by atoms with Gasteiger partial charge in [-0.2, -0.15) is 0 Å². The molecule has 4 rings (SSSR count). The second-order valence-electron chi connectivity index (χ2n) is 8.87. The zero-order valence-corrected chi connectivity index (χ0v) is 22.4. The van der Waals surface area contributed by atoms with Crippen molar-refractivity contribution in [2.24, 2.45) is 5.92 Å². The molecule has 0 saturated heterocycles. The van der Waals surface area contributed by atoms with Crippen LogP contribution >= 0.6 is 23.1 Å². The van der Waals surface area contributed by atoms with Crippen LogP contribution in [0.5, 0.6) is 0 Å². The van der Waals surface area contributed by atoms with E-state index in [1.807, 2.05) is 54.6 Å². The Morgan fingerprint density at radius 3 is 2.46 bits per heavy atom. The average Bonchev–Trinajstić information content (AvgIpc) is 3.35. The van der Waals surface area contributed by atoms with Crippen LogP contribution in [0, 0.1) is 5.92 Å². The van der Waals surface area contributed by atoms with Crippen LogP contribution in [-0.2, 0) is 25.5 Å². The Morgan fingerprint density at radius 1 is 1.03 bits per heavy atom. The van der Waals surface area contributed by atoms with Gasteiger partial charge in [0.25, 0.3) is 0 Å². The van der Waals surface area contributed by atoms with Gasteiger partial charge in [0.2, 0.25) is 11.8 Å². The van der Waals surface area contributed by atoms with E-state index in [2.05, 4.69) is 15.6 Å². The van der Waals surface area contributed by atoms with Gasteiger partial charge >= 0.3 is 5.97 Å². The van der Waals surface area contributed by atoms with Gasteiger partial charge in [-0.15, -0.1) is 23.1 Å². The molecular weight excluding hydrogens is 506 g/mol. The van der Waals surface area contributed by atoms with Crippen molar-refractivity contribution < 1.29 is 19.1 Å². The Balaban J connectivity index is 1.41. The maximum atomic E-state index is 13.3. The summed E-state index contributed by atoms with van der Waals surface area (Å²) in [4.78, 5) is 42.9. The molecule has 1 unspecified atom stereocenters. The van der Waals surface area contributed by atoms with Gasteiger partial charge in [0.1, 0.15) is 5.25 Å². The highest BCUT2D eigenvalue weighted by atomic mass is 32.2. The van der Waals surface area contributed by atoms with Crippen molar-refractivity contribution in [2.45, 2.75) is 55.6 Å². The number of thiazole rings is 1. The Hall–Kier alpha value is -3.17. The summed E-state index contributed by atoms with van der Waals surface area (Å²) in [6, 6.07) is 17.2. The third kappa shape index (κ3) is 7.90. The first-order valence-electron chi connectivity index (χ1n) is 12.5. The highest BCUT2D eigenvalue weighted by Crippen LogP contribution is 2.37. The summed E-state index contributed by atoms with van der Waals surface area (Å²) in [5.41, 5.74) is 2.19. The van der Waals surface area contributed by atoms with E-state index in [1.54, 1.807) is 12.3 Å². The first-order chi connectivity index (χ1) is 18.0. The van der Waals surface area contributed by atoms with E-state index in [0.717, 1.165) is 41.8 Å². The Morgan fingerprint density at radius 2 is 1.76 bits per heavy atom. The molecule has 2 aromatic carbocycles. The number of carbonyl (C=O) groups excluding carboxylic acids is 3. The zero-order valence-electron chi connectivity index (χ0n) is 20.8. The number of thioether (sulfide) groups is 1. The fraction of sp³-hybridized carbons (Fsp3) is 0.357. The van der Waals surface area contributed by atoms with E-state index in [-0.39, 0.29) is 30.1 Å². The SMILES string of the molecule is CCOC(=O)Cc1csc(NC(=O)C(Sc2ccc(NC(=O)C3CCCCC3)cc2)c2ccccc2)n1. The molecule has 1 saturated carbocycles. The van der Waals surface area contributed by atoms with Crippen LogP contribution in [0.3, 0.4) is 0 Å². The van der Waals surface area contributed by atoms with Crippen molar-refractivity contribution in [1.29, 1.82) is 0 Å². The number of esters is 1. The van der Waals surface area contributed by atoms with Crippen molar-refractivity contribution in [1.82, 2.24) is 4.98 Å². The molecule has 0 spiro atoms. The number of ether oxygens (including phenoxy) is 1. The van der Waals surface area contributed by atoms with Crippen molar-refractivity contribution in [3.05, 3.63) is 71.2 Å². The summed E-state index contributed by atoms with van der Waals surface area (Å²) in [5, 5.41) is 7.61. The number of nitrogens with one attached hydrogen (secondary N) is 2. The van der Waals surface area contributed by atoms with Gasteiger partial charge in [-0.1, -0.05) is 49.6 Å². The van der Waals surface area contributed by atoms with E-state index in [1.165, 1.54) is 29.5 Å². The lowest BCUT2D eigenvalue weighted by Gasteiger charge is -2.21. The number of anilines is 2.